The first-order valence-corrected chi connectivity index (χ1v) is 6.00. The molecule has 1 aromatic rings. The molecule has 2 nitrogen and oxygen atoms in total. The molecular formula is C14H20O2. The maximum Gasteiger partial charge on any atom is 0.122 e. The highest BCUT2D eigenvalue weighted by Gasteiger charge is 2.23. The topological polar surface area (TPSA) is 29.5 Å². The van der Waals surface area contributed by atoms with E-state index in [1.54, 1.807) is 7.11 Å². The molecule has 1 aliphatic rings. The van der Waals surface area contributed by atoms with E-state index in [2.05, 4.69) is 19.1 Å². The van der Waals surface area contributed by atoms with Crippen molar-refractivity contribution in [1.82, 2.24) is 0 Å². The van der Waals surface area contributed by atoms with E-state index in [0.717, 1.165) is 31.4 Å². The van der Waals surface area contributed by atoms with Crippen molar-refractivity contribution in [3.63, 3.8) is 0 Å². The molecule has 0 amide bonds. The Labute approximate surface area is 97.3 Å². The number of hydrogen-bond donors (Lipinski definition) is 1. The molecule has 1 fully saturated rings. The molecule has 0 radical (unpaired) electrons. The Kier molecular flexibility index (Phi) is 3.49. The molecular weight excluding hydrogens is 200 g/mol. The van der Waals surface area contributed by atoms with E-state index in [1.807, 2.05) is 6.07 Å². The third-order valence-electron chi connectivity index (χ3n) is 3.46. The zero-order valence-electron chi connectivity index (χ0n) is 10.1. The van der Waals surface area contributed by atoms with Crippen molar-refractivity contribution in [2.45, 2.75) is 38.7 Å². The normalized spacial score (nSPS) is 24.7. The summed E-state index contributed by atoms with van der Waals surface area (Å²) in [5.41, 5.74) is 2.55. The van der Waals surface area contributed by atoms with E-state index in [9.17, 15) is 5.11 Å². The van der Waals surface area contributed by atoms with E-state index in [0.29, 0.717) is 5.92 Å². The van der Waals surface area contributed by atoms with Crippen LogP contribution in [0.4, 0.5) is 0 Å². The van der Waals surface area contributed by atoms with Crippen LogP contribution in [0.3, 0.4) is 0 Å². The molecule has 0 aromatic heterocycles. The van der Waals surface area contributed by atoms with Gasteiger partial charge in [-0.1, -0.05) is 17.7 Å². The number of aliphatic hydroxyl groups is 1. The third kappa shape index (κ3) is 2.56. The summed E-state index contributed by atoms with van der Waals surface area (Å²) < 4.78 is 5.37. The molecule has 1 saturated carbocycles. The molecule has 2 unspecified atom stereocenters. The van der Waals surface area contributed by atoms with Gasteiger partial charge < -0.3 is 9.84 Å². The van der Waals surface area contributed by atoms with Gasteiger partial charge in [-0.25, -0.2) is 0 Å². The van der Waals surface area contributed by atoms with Gasteiger partial charge >= 0.3 is 0 Å². The smallest absolute Gasteiger partial charge is 0.122 e. The predicted molar refractivity (Wildman–Crippen MR) is 64.8 cm³/mol. The molecule has 2 rings (SSSR count). The van der Waals surface area contributed by atoms with E-state index < -0.39 is 0 Å². The Hall–Kier alpha value is -1.02. The Balaban J connectivity index is 2.10. The van der Waals surface area contributed by atoms with Crippen molar-refractivity contribution in [3.05, 3.63) is 29.3 Å². The van der Waals surface area contributed by atoms with E-state index in [4.69, 9.17) is 4.74 Å². The molecule has 0 spiro atoms. The summed E-state index contributed by atoms with van der Waals surface area (Å²) in [7, 11) is 1.72. The minimum Gasteiger partial charge on any atom is -0.496 e. The molecule has 1 aliphatic carbocycles. The highest BCUT2D eigenvalue weighted by Crippen LogP contribution is 2.31. The van der Waals surface area contributed by atoms with Crippen LogP contribution in [0.5, 0.6) is 5.75 Å². The summed E-state index contributed by atoms with van der Waals surface area (Å²) in [6.07, 6.45) is 3.98. The molecule has 1 N–H and O–H groups in total. The minimum absolute atomic E-state index is 0.0826. The van der Waals surface area contributed by atoms with Crippen molar-refractivity contribution in [2.75, 3.05) is 7.11 Å². The molecule has 88 valence electrons. The predicted octanol–water partition coefficient (Wildman–Crippen LogP) is 2.71. The Morgan fingerprint density at radius 3 is 2.81 bits per heavy atom. The fourth-order valence-electron chi connectivity index (χ4n) is 2.61. The lowest BCUT2D eigenvalue weighted by Gasteiger charge is -2.13. The lowest BCUT2D eigenvalue weighted by Crippen LogP contribution is -2.04. The molecule has 1 aromatic carbocycles. The summed E-state index contributed by atoms with van der Waals surface area (Å²) in [5, 5.41) is 9.53. The number of hydrogen-bond acceptors (Lipinski definition) is 2. The SMILES string of the molecule is COc1ccc(C)cc1CC1CCC(O)C1. The Bertz CT molecular complexity index is 360. The van der Waals surface area contributed by atoms with Crippen molar-refractivity contribution >= 4 is 0 Å². The second kappa shape index (κ2) is 4.88. The number of aryl methyl sites for hydroxylation is 1. The van der Waals surface area contributed by atoms with Crippen LogP contribution in [0.1, 0.15) is 30.4 Å². The van der Waals surface area contributed by atoms with Crippen molar-refractivity contribution in [1.29, 1.82) is 0 Å². The molecule has 0 saturated heterocycles. The first kappa shape index (κ1) is 11.5. The van der Waals surface area contributed by atoms with Gasteiger partial charge in [0.2, 0.25) is 0 Å². The van der Waals surface area contributed by atoms with Gasteiger partial charge in [-0.05, 0) is 50.2 Å². The number of ether oxygens (including phenoxy) is 1. The zero-order valence-corrected chi connectivity index (χ0v) is 10.1. The standard InChI is InChI=1S/C14H20O2/c1-10-3-6-14(16-2)12(7-10)8-11-4-5-13(15)9-11/h3,6-7,11,13,15H,4-5,8-9H2,1-2H3. The molecule has 0 heterocycles. The summed E-state index contributed by atoms with van der Waals surface area (Å²) in [6, 6.07) is 6.31. The van der Waals surface area contributed by atoms with Gasteiger partial charge in [0.1, 0.15) is 5.75 Å². The quantitative estimate of drug-likeness (QED) is 0.848. The number of rotatable bonds is 3. The van der Waals surface area contributed by atoms with Crippen LogP contribution in [0.2, 0.25) is 0 Å². The lowest BCUT2D eigenvalue weighted by atomic mass is 9.96. The van der Waals surface area contributed by atoms with Gasteiger partial charge in [0.15, 0.2) is 0 Å². The van der Waals surface area contributed by atoms with E-state index in [-0.39, 0.29) is 6.10 Å². The molecule has 2 heteroatoms. The molecule has 2 atom stereocenters. The molecule has 0 aliphatic heterocycles. The van der Waals surface area contributed by atoms with Crippen LogP contribution in [-0.4, -0.2) is 18.3 Å². The van der Waals surface area contributed by atoms with E-state index in [1.165, 1.54) is 11.1 Å². The van der Waals surface area contributed by atoms with Gasteiger partial charge in [-0.15, -0.1) is 0 Å². The van der Waals surface area contributed by atoms with Crippen molar-refractivity contribution in [3.8, 4) is 5.75 Å². The van der Waals surface area contributed by atoms with Crippen LogP contribution >= 0.6 is 0 Å². The van der Waals surface area contributed by atoms with Crippen LogP contribution in [0.25, 0.3) is 0 Å². The minimum atomic E-state index is -0.0826. The second-order valence-electron chi connectivity index (χ2n) is 4.85. The zero-order chi connectivity index (χ0) is 11.5. The first-order chi connectivity index (χ1) is 7.69. The number of aliphatic hydroxyl groups excluding tert-OH is 1. The number of benzene rings is 1. The summed E-state index contributed by atoms with van der Waals surface area (Å²) in [5.74, 6) is 1.60. The molecule has 0 bridgehead atoms. The average molecular weight is 220 g/mol. The largest absolute Gasteiger partial charge is 0.496 e. The third-order valence-corrected chi connectivity index (χ3v) is 3.46. The maximum absolute atomic E-state index is 9.53. The van der Waals surface area contributed by atoms with Gasteiger partial charge in [0.25, 0.3) is 0 Å². The van der Waals surface area contributed by atoms with Crippen LogP contribution in [0, 0.1) is 12.8 Å². The highest BCUT2D eigenvalue weighted by atomic mass is 16.5. The first-order valence-electron chi connectivity index (χ1n) is 6.00. The molecule has 16 heavy (non-hydrogen) atoms. The second-order valence-corrected chi connectivity index (χ2v) is 4.85. The Morgan fingerprint density at radius 2 is 2.19 bits per heavy atom. The van der Waals surface area contributed by atoms with Gasteiger partial charge in [0.05, 0.1) is 13.2 Å². The fourth-order valence-corrected chi connectivity index (χ4v) is 2.61. The lowest BCUT2D eigenvalue weighted by molar-refractivity contribution is 0.177. The summed E-state index contributed by atoms with van der Waals surface area (Å²) in [4.78, 5) is 0. The average Bonchev–Trinajstić information content (AvgIpc) is 2.64. The van der Waals surface area contributed by atoms with Gasteiger partial charge in [-0.2, -0.15) is 0 Å². The van der Waals surface area contributed by atoms with Crippen LogP contribution in [-0.2, 0) is 6.42 Å². The van der Waals surface area contributed by atoms with Crippen LogP contribution < -0.4 is 4.74 Å². The summed E-state index contributed by atoms with van der Waals surface area (Å²) in [6.45, 7) is 2.10. The van der Waals surface area contributed by atoms with Crippen LogP contribution in [0.15, 0.2) is 18.2 Å². The fraction of sp³-hybridized carbons (Fsp3) is 0.571. The Morgan fingerprint density at radius 1 is 1.38 bits per heavy atom. The maximum atomic E-state index is 9.53. The van der Waals surface area contributed by atoms with Gasteiger partial charge in [-0.3, -0.25) is 0 Å². The van der Waals surface area contributed by atoms with Crippen molar-refractivity contribution in [2.24, 2.45) is 5.92 Å². The van der Waals surface area contributed by atoms with Gasteiger partial charge in [0, 0.05) is 0 Å². The monoisotopic (exact) mass is 220 g/mol. The van der Waals surface area contributed by atoms with Crippen molar-refractivity contribution < 1.29 is 9.84 Å². The summed E-state index contributed by atoms with van der Waals surface area (Å²) >= 11 is 0. The van der Waals surface area contributed by atoms with E-state index >= 15 is 0 Å². The highest BCUT2D eigenvalue weighted by molar-refractivity contribution is 5.37. The number of methoxy groups -OCH3 is 1.